The van der Waals surface area contributed by atoms with E-state index in [0.29, 0.717) is 27.4 Å². The molecule has 0 aromatic heterocycles. The number of amides is 1. The molecular formula is C20H12ClNO2. The summed E-state index contributed by atoms with van der Waals surface area (Å²) in [6, 6.07) is 19.6. The molecule has 3 aromatic rings. The predicted octanol–water partition coefficient (Wildman–Crippen LogP) is 4.80. The van der Waals surface area contributed by atoms with Crippen LogP contribution in [0.15, 0.2) is 66.7 Å². The summed E-state index contributed by atoms with van der Waals surface area (Å²) in [5.41, 5.74) is 3.72. The second-order valence-electron chi connectivity index (χ2n) is 5.57. The topological polar surface area (TPSA) is 46.2 Å². The predicted molar refractivity (Wildman–Crippen MR) is 94.7 cm³/mol. The molecule has 1 aliphatic carbocycles. The molecule has 116 valence electrons. The molecule has 0 bridgehead atoms. The molecule has 1 N–H and O–H groups in total. The average Bonchev–Trinajstić information content (AvgIpc) is 2.88. The number of anilines is 1. The quantitative estimate of drug-likeness (QED) is 0.572. The zero-order valence-electron chi connectivity index (χ0n) is 12.5. The van der Waals surface area contributed by atoms with Crippen molar-refractivity contribution in [2.45, 2.75) is 0 Å². The van der Waals surface area contributed by atoms with Crippen LogP contribution in [0, 0.1) is 0 Å². The Morgan fingerprint density at radius 1 is 0.833 bits per heavy atom. The lowest BCUT2D eigenvalue weighted by Crippen LogP contribution is -2.15. The number of carbonyl (C=O) groups excluding carboxylic acids is 2. The van der Waals surface area contributed by atoms with Crippen molar-refractivity contribution < 1.29 is 9.59 Å². The molecule has 1 amide bonds. The molecule has 0 aliphatic heterocycles. The first-order chi connectivity index (χ1) is 11.6. The number of carbonyl (C=O) groups is 2. The first-order valence-corrected chi connectivity index (χ1v) is 7.87. The van der Waals surface area contributed by atoms with Gasteiger partial charge >= 0.3 is 0 Å². The van der Waals surface area contributed by atoms with Crippen molar-refractivity contribution in [1.29, 1.82) is 0 Å². The maximum Gasteiger partial charge on any atom is 0.256 e. The fourth-order valence-corrected chi connectivity index (χ4v) is 3.22. The standard InChI is InChI=1S/C20H12ClNO2/c21-12-5-3-6-13(11-12)22-20(24)17-10-4-9-15-14-7-1-2-8-16(14)19(23)18(15)17/h1-11H,(H,22,24). The van der Waals surface area contributed by atoms with Crippen molar-refractivity contribution in [1.82, 2.24) is 0 Å². The van der Waals surface area contributed by atoms with E-state index in [1.54, 1.807) is 42.5 Å². The monoisotopic (exact) mass is 333 g/mol. The number of rotatable bonds is 2. The van der Waals surface area contributed by atoms with E-state index in [2.05, 4.69) is 5.32 Å². The van der Waals surface area contributed by atoms with Gasteiger partial charge in [0.2, 0.25) is 0 Å². The number of benzene rings is 3. The highest BCUT2D eigenvalue weighted by molar-refractivity contribution is 6.31. The van der Waals surface area contributed by atoms with Gasteiger partial charge in [-0.1, -0.05) is 54.1 Å². The zero-order valence-corrected chi connectivity index (χ0v) is 13.3. The number of ketones is 1. The molecule has 4 heteroatoms. The first-order valence-electron chi connectivity index (χ1n) is 7.49. The van der Waals surface area contributed by atoms with E-state index in [1.165, 1.54) is 0 Å². The maximum absolute atomic E-state index is 12.7. The molecule has 0 fully saturated rings. The Kier molecular flexibility index (Phi) is 3.44. The summed E-state index contributed by atoms with van der Waals surface area (Å²) in [6.07, 6.45) is 0. The Labute approximate surface area is 143 Å². The maximum atomic E-state index is 12.7. The van der Waals surface area contributed by atoms with Gasteiger partial charge in [-0.05, 0) is 35.4 Å². The molecule has 3 nitrogen and oxygen atoms in total. The van der Waals surface area contributed by atoms with Gasteiger partial charge in [0.1, 0.15) is 0 Å². The summed E-state index contributed by atoms with van der Waals surface area (Å²) >= 11 is 5.95. The third kappa shape index (κ3) is 2.30. The number of fused-ring (bicyclic) bond motifs is 3. The van der Waals surface area contributed by atoms with Gasteiger partial charge < -0.3 is 5.32 Å². The van der Waals surface area contributed by atoms with Gasteiger partial charge in [-0.25, -0.2) is 0 Å². The molecule has 0 heterocycles. The van der Waals surface area contributed by atoms with Gasteiger partial charge in [0.15, 0.2) is 5.78 Å². The summed E-state index contributed by atoms with van der Waals surface area (Å²) in [4.78, 5) is 25.4. The van der Waals surface area contributed by atoms with Crippen molar-refractivity contribution in [2.75, 3.05) is 5.32 Å². The Morgan fingerprint density at radius 3 is 2.33 bits per heavy atom. The van der Waals surface area contributed by atoms with Crippen LogP contribution in [0.1, 0.15) is 26.3 Å². The lowest BCUT2D eigenvalue weighted by molar-refractivity contribution is 0.0999. The third-order valence-electron chi connectivity index (χ3n) is 4.08. The molecule has 0 unspecified atom stereocenters. The van der Waals surface area contributed by atoms with Crippen LogP contribution >= 0.6 is 11.6 Å². The molecule has 0 radical (unpaired) electrons. The summed E-state index contributed by atoms with van der Waals surface area (Å²) in [5, 5.41) is 3.34. The van der Waals surface area contributed by atoms with E-state index in [1.807, 2.05) is 24.3 Å². The van der Waals surface area contributed by atoms with Crippen LogP contribution in [-0.2, 0) is 0 Å². The summed E-state index contributed by atoms with van der Waals surface area (Å²) in [5.74, 6) is -0.437. The molecule has 3 aromatic carbocycles. The summed E-state index contributed by atoms with van der Waals surface area (Å²) < 4.78 is 0. The van der Waals surface area contributed by atoms with Crippen LogP contribution in [-0.4, -0.2) is 11.7 Å². The van der Waals surface area contributed by atoms with Crippen LogP contribution in [0.3, 0.4) is 0 Å². The van der Waals surface area contributed by atoms with Crippen molar-refractivity contribution in [2.24, 2.45) is 0 Å². The SMILES string of the molecule is O=C(Nc1cccc(Cl)c1)c1cccc2c1C(=O)c1ccccc1-2. The Morgan fingerprint density at radius 2 is 1.54 bits per heavy atom. The number of hydrogen-bond acceptors (Lipinski definition) is 2. The molecular weight excluding hydrogens is 322 g/mol. The minimum Gasteiger partial charge on any atom is -0.322 e. The van der Waals surface area contributed by atoms with Crippen LogP contribution in [0.5, 0.6) is 0 Å². The Balaban J connectivity index is 1.76. The van der Waals surface area contributed by atoms with Gasteiger partial charge in [-0.15, -0.1) is 0 Å². The van der Waals surface area contributed by atoms with E-state index in [-0.39, 0.29) is 11.7 Å². The van der Waals surface area contributed by atoms with Crippen LogP contribution < -0.4 is 5.32 Å². The largest absolute Gasteiger partial charge is 0.322 e. The first kappa shape index (κ1) is 14.7. The Bertz CT molecular complexity index is 994. The molecule has 0 spiro atoms. The zero-order chi connectivity index (χ0) is 16.7. The van der Waals surface area contributed by atoms with Gasteiger partial charge in [-0.3, -0.25) is 9.59 Å². The molecule has 24 heavy (non-hydrogen) atoms. The normalized spacial score (nSPS) is 11.8. The van der Waals surface area contributed by atoms with E-state index >= 15 is 0 Å². The van der Waals surface area contributed by atoms with E-state index < -0.39 is 0 Å². The number of nitrogens with one attached hydrogen (secondary N) is 1. The van der Waals surface area contributed by atoms with Crippen molar-refractivity contribution in [3.8, 4) is 11.1 Å². The van der Waals surface area contributed by atoms with E-state index in [9.17, 15) is 9.59 Å². The molecule has 4 rings (SSSR count). The van der Waals surface area contributed by atoms with Gasteiger partial charge in [0.25, 0.3) is 5.91 Å². The van der Waals surface area contributed by atoms with Crippen LogP contribution in [0.2, 0.25) is 5.02 Å². The van der Waals surface area contributed by atoms with E-state index in [4.69, 9.17) is 11.6 Å². The minimum atomic E-state index is -0.324. The van der Waals surface area contributed by atoms with Crippen LogP contribution in [0.4, 0.5) is 5.69 Å². The Hall–Kier alpha value is -2.91. The van der Waals surface area contributed by atoms with Crippen molar-refractivity contribution in [3.05, 3.63) is 88.4 Å². The highest BCUT2D eigenvalue weighted by Gasteiger charge is 2.30. The van der Waals surface area contributed by atoms with Crippen LogP contribution in [0.25, 0.3) is 11.1 Å². The molecule has 0 atom stereocenters. The molecule has 1 aliphatic rings. The lowest BCUT2D eigenvalue weighted by atomic mass is 10.0. The lowest BCUT2D eigenvalue weighted by Gasteiger charge is -2.09. The van der Waals surface area contributed by atoms with Gasteiger partial charge in [0, 0.05) is 21.8 Å². The van der Waals surface area contributed by atoms with Gasteiger partial charge in [-0.2, -0.15) is 0 Å². The van der Waals surface area contributed by atoms with E-state index in [0.717, 1.165) is 11.1 Å². The second kappa shape index (κ2) is 5.62. The number of halogens is 1. The smallest absolute Gasteiger partial charge is 0.256 e. The van der Waals surface area contributed by atoms with Crippen molar-refractivity contribution in [3.63, 3.8) is 0 Å². The molecule has 0 saturated heterocycles. The van der Waals surface area contributed by atoms with Crippen molar-refractivity contribution >= 4 is 29.0 Å². The average molecular weight is 334 g/mol. The number of hydrogen-bond donors (Lipinski definition) is 1. The fraction of sp³-hybridized carbons (Fsp3) is 0. The summed E-state index contributed by atoms with van der Waals surface area (Å²) in [7, 11) is 0. The minimum absolute atomic E-state index is 0.113. The highest BCUT2D eigenvalue weighted by atomic mass is 35.5. The fourth-order valence-electron chi connectivity index (χ4n) is 3.03. The van der Waals surface area contributed by atoms with Gasteiger partial charge in [0.05, 0.1) is 5.56 Å². The third-order valence-corrected chi connectivity index (χ3v) is 4.32. The summed E-state index contributed by atoms with van der Waals surface area (Å²) in [6.45, 7) is 0. The highest BCUT2D eigenvalue weighted by Crippen LogP contribution is 2.38. The second-order valence-corrected chi connectivity index (χ2v) is 6.00. The molecule has 0 saturated carbocycles.